The molecule has 55 nitrogen and oxygen atoms in total. The maximum atomic E-state index is 10.4. The van der Waals surface area contributed by atoms with Crippen molar-refractivity contribution in [3.63, 3.8) is 0 Å². The number of likely N-dealkylation sites (N-methyl/N-ethyl adjacent to an activating group) is 10. The lowest BCUT2D eigenvalue weighted by Crippen LogP contribution is -2.33. The number of phosphoric acid groups is 5. The van der Waals surface area contributed by atoms with Crippen molar-refractivity contribution in [2.24, 2.45) is 0 Å². The molecular weight excluding hydrogens is 1600 g/mol. The predicted octanol–water partition coefficient (Wildman–Crippen LogP) is -13.5. The second kappa shape index (κ2) is 77.8. The van der Waals surface area contributed by atoms with E-state index in [2.05, 4.69) is 96.0 Å². The van der Waals surface area contributed by atoms with Gasteiger partial charge in [0.05, 0.1) is 91.9 Å². The predicted molar refractivity (Wildman–Crippen MR) is 397 cm³/mol. The Labute approximate surface area is 635 Å². The van der Waals surface area contributed by atoms with Crippen LogP contribution in [0.15, 0.2) is 25.3 Å². The molecule has 2 aliphatic rings. The highest BCUT2D eigenvalue weighted by Gasteiger charge is 2.45. The Bertz CT molecular complexity index is 2650. The van der Waals surface area contributed by atoms with Gasteiger partial charge in [0.25, 0.3) is 0 Å². The Hall–Kier alpha value is -3.75. The summed E-state index contributed by atoms with van der Waals surface area (Å²) in [6.45, 7) is 8.49. The van der Waals surface area contributed by atoms with Crippen molar-refractivity contribution < 1.29 is 171 Å². The molecule has 110 heavy (non-hydrogen) atoms. The Morgan fingerprint density at radius 2 is 0.545 bits per heavy atom. The number of rotatable bonds is 30. The van der Waals surface area contributed by atoms with Crippen LogP contribution >= 0.6 is 39.1 Å². The van der Waals surface area contributed by atoms with Crippen molar-refractivity contribution in [1.29, 1.82) is 0 Å². The maximum absolute atomic E-state index is 10.4. The summed E-state index contributed by atoms with van der Waals surface area (Å²) >= 11 is 0. The minimum atomic E-state index is -5.46. The lowest BCUT2D eigenvalue weighted by molar-refractivity contribution is -0.0511. The summed E-state index contributed by atoms with van der Waals surface area (Å²) in [4.78, 5) is 95.0. The third-order valence-corrected chi connectivity index (χ3v) is 15.7. The lowest BCUT2D eigenvalue weighted by Gasteiger charge is -2.16. The van der Waals surface area contributed by atoms with E-state index < -0.39 is 101 Å². The number of nitrogens with zero attached hydrogens (tertiary/aromatic N) is 8. The van der Waals surface area contributed by atoms with E-state index >= 15 is 0 Å². The van der Waals surface area contributed by atoms with Crippen LogP contribution in [0.2, 0.25) is 0 Å². The van der Waals surface area contributed by atoms with Crippen molar-refractivity contribution in [1.82, 2.24) is 92.2 Å². The minimum absolute atomic E-state index is 0.218. The topological polar surface area (TPSA) is 897 Å². The summed E-state index contributed by atoms with van der Waals surface area (Å²) < 4.78 is 72.3. The maximum Gasteiger partial charge on any atom is 0.490 e. The standard InChI is InChI=1S/2C10H13N5O4.10C3H9NO.H5O10P3.H4O7P2/c2*11-8-5-9(13-2-12-8)15(3-14-5)10-7(18)6(17)4(1-16)19-10;10*1-4-2-3-5;1-11(2,3)9-13(7,8)10-12(4,5)6;1-8(2,3)7-9(4,5)6/h2*2-4,6-7,10,16-18H,1H2,(H2,11,12,13);10*4-5H,2-3H2,1H3;(H,7,8)(H2,1,2,3)(H2,4,5,6);(H2,1,2,3)(H2,4,5,6)/t2*4-,6-,7-,10-;;;;;;;;;;;;/m11............/s1. The number of fused-ring (bicyclic) bond motifs is 2. The minimum Gasteiger partial charge on any atom is -0.395 e. The molecule has 6 heterocycles. The molecule has 6 rings (SSSR count). The molecule has 4 aromatic heterocycles. The number of hydrogen-bond donors (Lipinski definition) is 37. The number of nitrogens with one attached hydrogen (secondary N) is 10. The molecule has 39 N–H and O–H groups in total. The molecule has 4 aromatic rings. The number of aliphatic hydroxyl groups excluding tert-OH is 16. The van der Waals surface area contributed by atoms with Gasteiger partial charge in [-0.15, -0.1) is 0 Å². The van der Waals surface area contributed by atoms with Gasteiger partial charge in [0.1, 0.15) is 60.3 Å². The monoisotopic (exact) mass is 1720 g/mol. The first-order chi connectivity index (χ1) is 51.5. The first kappa shape index (κ1) is 122. The Balaban J connectivity index is -0.000000178. The van der Waals surface area contributed by atoms with Crippen molar-refractivity contribution >= 4 is 73.1 Å². The van der Waals surface area contributed by atoms with E-state index in [1.165, 1.54) is 34.4 Å². The first-order valence-electron chi connectivity index (χ1n) is 31.9. The third-order valence-electron chi connectivity index (χ3n) is 10.6. The van der Waals surface area contributed by atoms with E-state index in [9.17, 15) is 43.3 Å². The molecule has 0 spiro atoms. The average Bonchev–Trinajstić information content (AvgIpc) is 1.63. The van der Waals surface area contributed by atoms with Gasteiger partial charge in [0, 0.05) is 65.4 Å². The van der Waals surface area contributed by atoms with E-state index in [1.54, 1.807) is 70.5 Å². The van der Waals surface area contributed by atoms with E-state index in [4.69, 9.17) is 126 Å². The van der Waals surface area contributed by atoms with Gasteiger partial charge in [-0.1, -0.05) is 0 Å². The molecule has 2 saturated heterocycles. The van der Waals surface area contributed by atoms with Gasteiger partial charge < -0.3 is 200 Å². The molecule has 0 saturated carbocycles. The van der Waals surface area contributed by atoms with Gasteiger partial charge in [0.15, 0.2) is 35.4 Å². The first-order valence-corrected chi connectivity index (χ1v) is 39.5. The molecule has 0 unspecified atom stereocenters. The van der Waals surface area contributed by atoms with Gasteiger partial charge in [-0.25, -0.2) is 52.7 Å². The van der Waals surface area contributed by atoms with Crippen LogP contribution in [0, 0.1) is 0 Å². The zero-order chi connectivity index (χ0) is 87.0. The highest BCUT2D eigenvalue weighted by atomic mass is 31.3. The summed E-state index contributed by atoms with van der Waals surface area (Å²) in [7, 11) is -8.25. The number of ether oxygens (including phenoxy) is 2. The van der Waals surface area contributed by atoms with Crippen molar-refractivity contribution in [2.75, 3.05) is 227 Å². The molecule has 2 fully saturated rings. The molecule has 60 heteroatoms. The van der Waals surface area contributed by atoms with Crippen LogP contribution in [-0.4, -0.2) is 417 Å². The normalized spacial score (nSPS) is 17.4. The number of hydrogen-bond acceptors (Lipinski definition) is 44. The average molecular weight is 1720 g/mol. The summed E-state index contributed by atoms with van der Waals surface area (Å²) in [5, 5.41) is 165. The molecule has 660 valence electrons. The van der Waals surface area contributed by atoms with Crippen LogP contribution in [0.3, 0.4) is 0 Å². The van der Waals surface area contributed by atoms with E-state index in [1.807, 2.05) is 0 Å². The highest BCUT2D eigenvalue weighted by Crippen LogP contribution is 2.64. The van der Waals surface area contributed by atoms with Crippen molar-refractivity contribution in [2.45, 2.75) is 49.1 Å². The van der Waals surface area contributed by atoms with Crippen molar-refractivity contribution in [3.05, 3.63) is 25.3 Å². The number of aliphatic hydroxyl groups is 16. The number of anilines is 2. The Morgan fingerprint density at radius 3 is 0.682 bits per heavy atom. The molecule has 0 amide bonds. The van der Waals surface area contributed by atoms with Crippen LogP contribution in [0.25, 0.3) is 22.3 Å². The second-order valence-electron chi connectivity index (χ2n) is 19.6. The largest absolute Gasteiger partial charge is 0.490 e. The van der Waals surface area contributed by atoms with Crippen LogP contribution in [-0.2, 0) is 45.2 Å². The van der Waals surface area contributed by atoms with E-state index in [0.29, 0.717) is 87.8 Å². The smallest absolute Gasteiger partial charge is 0.395 e. The molecule has 2 aliphatic heterocycles. The SMILES string of the molecule is CNCCO.CNCCO.CNCCO.CNCCO.CNCCO.CNCCO.CNCCO.CNCCO.CNCCO.CNCCO.Nc1ncnc2c1ncn2[C@@H]1O[C@H](CO)[C@@H](O)[C@H]1O.Nc1ncnc2c1ncn2[C@@H]1O[C@H](CO)[C@@H](O)[C@H]1O.O=P(O)(O)OP(=O)(O)O.O=P(O)(O)OP(=O)(O)OP(=O)(O)O. The summed E-state index contributed by atoms with van der Waals surface area (Å²) in [6, 6.07) is 0. The zero-order valence-corrected chi connectivity index (χ0v) is 67.2. The number of aromatic nitrogens is 8. The number of imidazole rings is 2. The fraction of sp³-hybridized carbons (Fsp3) is 0.800. The van der Waals surface area contributed by atoms with E-state index in [0.717, 1.165) is 0 Å². The van der Waals surface area contributed by atoms with Gasteiger partial charge in [-0.05, 0) is 70.5 Å². The van der Waals surface area contributed by atoms with Gasteiger partial charge in [0.2, 0.25) is 0 Å². The van der Waals surface area contributed by atoms with Crippen LogP contribution in [0.4, 0.5) is 11.6 Å². The second-order valence-corrected chi connectivity index (χ2v) is 26.4. The van der Waals surface area contributed by atoms with Gasteiger partial charge in [-0.3, -0.25) is 9.13 Å². The molecule has 0 radical (unpaired) electrons. The van der Waals surface area contributed by atoms with Crippen molar-refractivity contribution in [3.8, 4) is 0 Å². The molecule has 8 atom stereocenters. The molecule has 0 bridgehead atoms. The molecule has 0 aromatic carbocycles. The summed E-state index contributed by atoms with van der Waals surface area (Å²) in [5.74, 6) is 0.436. The highest BCUT2D eigenvalue weighted by molar-refractivity contribution is 7.66. The van der Waals surface area contributed by atoms with Gasteiger partial charge >= 0.3 is 39.1 Å². The third kappa shape index (κ3) is 72.0. The summed E-state index contributed by atoms with van der Waals surface area (Å²) in [6.07, 6.45) is -2.85. The van der Waals surface area contributed by atoms with Crippen LogP contribution < -0.4 is 64.6 Å². The Kier molecular flexibility index (Phi) is 86.2. The van der Waals surface area contributed by atoms with Crippen LogP contribution in [0.1, 0.15) is 12.5 Å². The number of nitrogen functional groups attached to an aromatic ring is 2. The molecular formula is C50H125N20O35P5. The van der Waals surface area contributed by atoms with Crippen LogP contribution in [0.5, 0.6) is 0 Å². The number of nitrogens with two attached hydrogens (primary N) is 2. The summed E-state index contributed by atoms with van der Waals surface area (Å²) in [5.41, 5.74) is 12.9. The fourth-order valence-corrected chi connectivity index (χ4v) is 9.52. The van der Waals surface area contributed by atoms with E-state index in [-0.39, 0.29) is 77.7 Å². The Morgan fingerprint density at radius 1 is 0.345 bits per heavy atom. The quantitative estimate of drug-likeness (QED) is 0.0216. The molecule has 0 aliphatic carbocycles. The fourth-order valence-electron chi connectivity index (χ4n) is 5.87. The van der Waals surface area contributed by atoms with Gasteiger partial charge in [-0.2, -0.15) is 12.9 Å². The zero-order valence-electron chi connectivity index (χ0n) is 62.7. The lowest BCUT2D eigenvalue weighted by atomic mass is 10.1.